The van der Waals surface area contributed by atoms with Crippen molar-refractivity contribution in [2.75, 3.05) is 18.5 Å². The molecule has 0 aliphatic carbocycles. The van der Waals surface area contributed by atoms with Crippen molar-refractivity contribution in [2.24, 2.45) is 0 Å². The SMILES string of the molecule is CNC(CSc1cccc(C)c1)c1cnccc1N. The predicted octanol–water partition coefficient (Wildman–Crippen LogP) is 3.03. The van der Waals surface area contributed by atoms with Gasteiger partial charge in [0, 0.05) is 40.3 Å². The van der Waals surface area contributed by atoms with Gasteiger partial charge in [0.2, 0.25) is 0 Å². The average molecular weight is 273 g/mol. The molecule has 1 heterocycles. The van der Waals surface area contributed by atoms with Crippen molar-refractivity contribution in [3.05, 3.63) is 53.9 Å². The lowest BCUT2D eigenvalue weighted by Gasteiger charge is -2.17. The van der Waals surface area contributed by atoms with Crippen LogP contribution in [0.15, 0.2) is 47.6 Å². The summed E-state index contributed by atoms with van der Waals surface area (Å²) in [5, 5.41) is 3.30. The maximum absolute atomic E-state index is 6.00. The van der Waals surface area contributed by atoms with Gasteiger partial charge in [-0.25, -0.2) is 0 Å². The van der Waals surface area contributed by atoms with E-state index in [1.807, 2.05) is 31.1 Å². The summed E-state index contributed by atoms with van der Waals surface area (Å²) in [4.78, 5) is 5.43. The summed E-state index contributed by atoms with van der Waals surface area (Å²) in [6, 6.07) is 10.6. The Hall–Kier alpha value is -1.52. The molecule has 3 nitrogen and oxygen atoms in total. The number of hydrogen-bond donors (Lipinski definition) is 2. The Morgan fingerprint density at radius 3 is 2.89 bits per heavy atom. The molecule has 2 rings (SSSR count). The highest BCUT2D eigenvalue weighted by atomic mass is 32.2. The number of pyridine rings is 1. The molecule has 1 atom stereocenters. The molecule has 100 valence electrons. The minimum absolute atomic E-state index is 0.208. The van der Waals surface area contributed by atoms with E-state index in [-0.39, 0.29) is 6.04 Å². The van der Waals surface area contributed by atoms with Crippen LogP contribution in [0.4, 0.5) is 5.69 Å². The second-order valence-corrected chi connectivity index (χ2v) is 5.57. The van der Waals surface area contributed by atoms with E-state index < -0.39 is 0 Å². The molecule has 4 heteroatoms. The van der Waals surface area contributed by atoms with Crippen molar-refractivity contribution in [3.8, 4) is 0 Å². The summed E-state index contributed by atoms with van der Waals surface area (Å²) in [5.74, 6) is 0.926. The summed E-state index contributed by atoms with van der Waals surface area (Å²) in [6.07, 6.45) is 3.56. The average Bonchev–Trinajstić information content (AvgIpc) is 2.41. The summed E-state index contributed by atoms with van der Waals surface area (Å²) in [5.41, 5.74) is 9.14. The highest BCUT2D eigenvalue weighted by molar-refractivity contribution is 7.99. The van der Waals surface area contributed by atoms with Gasteiger partial charge in [-0.3, -0.25) is 4.98 Å². The van der Waals surface area contributed by atoms with E-state index >= 15 is 0 Å². The third-order valence-electron chi connectivity index (χ3n) is 3.02. The Kier molecular flexibility index (Phi) is 4.82. The van der Waals surface area contributed by atoms with Crippen molar-refractivity contribution >= 4 is 17.4 Å². The van der Waals surface area contributed by atoms with E-state index in [0.717, 1.165) is 17.0 Å². The van der Waals surface area contributed by atoms with E-state index in [9.17, 15) is 0 Å². The standard InChI is InChI=1S/C15H19N3S/c1-11-4-3-5-12(8-11)19-10-15(17-2)13-9-18-7-6-14(13)16/h3-9,15,17H,10H2,1-2H3,(H2,16,18). The van der Waals surface area contributed by atoms with Gasteiger partial charge in [-0.1, -0.05) is 17.7 Å². The number of nitrogens with two attached hydrogens (primary N) is 1. The lowest BCUT2D eigenvalue weighted by atomic mass is 10.1. The van der Waals surface area contributed by atoms with E-state index in [1.54, 1.807) is 6.20 Å². The highest BCUT2D eigenvalue weighted by Gasteiger charge is 2.12. The Labute approximate surface area is 118 Å². The quantitative estimate of drug-likeness (QED) is 0.822. The Bertz CT molecular complexity index is 542. The fraction of sp³-hybridized carbons (Fsp3) is 0.267. The molecular formula is C15H19N3S. The van der Waals surface area contributed by atoms with Crippen LogP contribution in [-0.2, 0) is 0 Å². The second-order valence-electron chi connectivity index (χ2n) is 4.47. The van der Waals surface area contributed by atoms with Crippen LogP contribution in [-0.4, -0.2) is 17.8 Å². The van der Waals surface area contributed by atoms with Crippen LogP contribution < -0.4 is 11.1 Å². The largest absolute Gasteiger partial charge is 0.398 e. The minimum Gasteiger partial charge on any atom is -0.398 e. The number of nitrogens with zero attached hydrogens (tertiary/aromatic N) is 1. The van der Waals surface area contributed by atoms with Crippen molar-refractivity contribution in [2.45, 2.75) is 17.9 Å². The third-order valence-corrected chi connectivity index (χ3v) is 4.10. The molecule has 0 aliphatic rings. The van der Waals surface area contributed by atoms with Crippen LogP contribution in [0.2, 0.25) is 0 Å². The van der Waals surface area contributed by atoms with Gasteiger partial charge >= 0.3 is 0 Å². The van der Waals surface area contributed by atoms with Gasteiger partial charge in [-0.2, -0.15) is 0 Å². The van der Waals surface area contributed by atoms with Gasteiger partial charge in [0.25, 0.3) is 0 Å². The molecule has 0 bridgehead atoms. The normalized spacial score (nSPS) is 12.3. The number of rotatable bonds is 5. The van der Waals surface area contributed by atoms with Crippen molar-refractivity contribution in [3.63, 3.8) is 0 Å². The fourth-order valence-corrected chi connectivity index (χ4v) is 3.07. The second kappa shape index (κ2) is 6.59. The first kappa shape index (κ1) is 13.9. The van der Waals surface area contributed by atoms with Gasteiger partial charge in [0.15, 0.2) is 0 Å². The number of benzene rings is 1. The van der Waals surface area contributed by atoms with Crippen molar-refractivity contribution in [1.29, 1.82) is 0 Å². The zero-order valence-corrected chi connectivity index (χ0v) is 12.1. The maximum atomic E-state index is 6.00. The molecule has 0 amide bonds. The van der Waals surface area contributed by atoms with Crippen LogP contribution in [0.5, 0.6) is 0 Å². The van der Waals surface area contributed by atoms with Crippen LogP contribution in [0.3, 0.4) is 0 Å². The molecule has 1 unspecified atom stereocenters. The zero-order chi connectivity index (χ0) is 13.7. The highest BCUT2D eigenvalue weighted by Crippen LogP contribution is 2.27. The fourth-order valence-electron chi connectivity index (χ4n) is 1.92. The van der Waals surface area contributed by atoms with Crippen LogP contribution in [0, 0.1) is 6.92 Å². The van der Waals surface area contributed by atoms with Gasteiger partial charge in [0.1, 0.15) is 0 Å². The van der Waals surface area contributed by atoms with Crippen LogP contribution in [0.25, 0.3) is 0 Å². The van der Waals surface area contributed by atoms with Gasteiger partial charge < -0.3 is 11.1 Å². The first-order chi connectivity index (χ1) is 9.20. The van der Waals surface area contributed by atoms with Crippen LogP contribution in [0.1, 0.15) is 17.2 Å². The van der Waals surface area contributed by atoms with Crippen LogP contribution >= 0.6 is 11.8 Å². The Morgan fingerprint density at radius 1 is 1.37 bits per heavy atom. The van der Waals surface area contributed by atoms with E-state index in [0.29, 0.717) is 0 Å². The molecule has 0 aliphatic heterocycles. The van der Waals surface area contributed by atoms with Gasteiger partial charge in [0.05, 0.1) is 0 Å². The van der Waals surface area contributed by atoms with Crippen molar-refractivity contribution in [1.82, 2.24) is 10.3 Å². The lowest BCUT2D eigenvalue weighted by Crippen LogP contribution is -2.20. The van der Waals surface area contributed by atoms with E-state index in [4.69, 9.17) is 5.73 Å². The molecule has 0 radical (unpaired) electrons. The molecule has 2 aromatic rings. The summed E-state index contributed by atoms with van der Waals surface area (Å²) in [7, 11) is 1.95. The van der Waals surface area contributed by atoms with Crippen molar-refractivity contribution < 1.29 is 0 Å². The summed E-state index contributed by atoms with van der Waals surface area (Å²) < 4.78 is 0. The molecule has 3 N–H and O–H groups in total. The number of aromatic nitrogens is 1. The monoisotopic (exact) mass is 273 g/mol. The van der Waals surface area contributed by atoms with E-state index in [1.165, 1.54) is 10.5 Å². The number of nitrogen functional groups attached to an aromatic ring is 1. The molecule has 19 heavy (non-hydrogen) atoms. The first-order valence-electron chi connectivity index (χ1n) is 6.27. The molecular weight excluding hydrogens is 254 g/mol. The Morgan fingerprint density at radius 2 is 2.21 bits per heavy atom. The topological polar surface area (TPSA) is 50.9 Å². The Balaban J connectivity index is 2.06. The smallest absolute Gasteiger partial charge is 0.0448 e. The number of aryl methyl sites for hydroxylation is 1. The van der Waals surface area contributed by atoms with E-state index in [2.05, 4.69) is 41.5 Å². The molecule has 0 spiro atoms. The molecule has 0 saturated heterocycles. The van der Waals surface area contributed by atoms with Gasteiger partial charge in [-0.15, -0.1) is 11.8 Å². The number of hydrogen-bond acceptors (Lipinski definition) is 4. The van der Waals surface area contributed by atoms with Gasteiger partial charge in [-0.05, 0) is 32.2 Å². The zero-order valence-electron chi connectivity index (χ0n) is 11.3. The predicted molar refractivity (Wildman–Crippen MR) is 82.4 cm³/mol. The molecule has 0 saturated carbocycles. The summed E-state index contributed by atoms with van der Waals surface area (Å²) >= 11 is 1.82. The minimum atomic E-state index is 0.208. The number of thioether (sulfide) groups is 1. The third kappa shape index (κ3) is 3.72. The first-order valence-corrected chi connectivity index (χ1v) is 7.25. The summed E-state index contributed by atoms with van der Waals surface area (Å²) in [6.45, 7) is 2.11. The number of anilines is 1. The molecule has 1 aromatic heterocycles. The number of nitrogens with one attached hydrogen (secondary N) is 1. The lowest BCUT2D eigenvalue weighted by molar-refractivity contribution is 0.661. The molecule has 0 fully saturated rings. The maximum Gasteiger partial charge on any atom is 0.0448 e. The molecule has 1 aromatic carbocycles.